The average molecular weight is 198 g/mol. The first-order valence-electron chi connectivity index (χ1n) is 3.51. The topological polar surface area (TPSA) is 44.8 Å². The monoisotopic (exact) mass is 198 g/mol. The Morgan fingerprint density at radius 1 is 1.33 bits per heavy atom. The number of rotatable bonds is 6. The third-order valence-corrected chi connectivity index (χ3v) is 2.34. The number of hydrogen-bond donors (Lipinski definition) is 0. The maximum atomic E-state index is 11.5. The van der Waals surface area contributed by atoms with E-state index in [1.807, 2.05) is 0 Å². The fraction of sp³-hybridized carbons (Fsp3) is 0.667. The molecule has 4 nitrogen and oxygen atoms in total. The summed E-state index contributed by atoms with van der Waals surface area (Å²) in [5.41, 5.74) is 0. The molecule has 0 fully saturated rings. The van der Waals surface area contributed by atoms with Gasteiger partial charge in [0.2, 0.25) is 0 Å². The van der Waals surface area contributed by atoms with E-state index in [2.05, 4.69) is 13.6 Å². The van der Waals surface area contributed by atoms with Crippen LogP contribution in [0.3, 0.4) is 0 Å². The summed E-state index contributed by atoms with van der Waals surface area (Å²) in [4.78, 5) is 0. The molecular weight excluding hydrogens is 186 g/mol. The first kappa shape index (κ1) is 11.6. The van der Waals surface area contributed by atoms with Crippen LogP contribution < -0.4 is 0 Å². The lowest BCUT2D eigenvalue weighted by molar-refractivity contribution is 0.153. The van der Waals surface area contributed by atoms with Crippen LogP contribution in [0, 0.1) is 0 Å². The Hall–Kier alpha value is -0.380. The first-order chi connectivity index (χ1) is 5.68. The maximum absolute atomic E-state index is 11.5. The number of phosphoric ester groups is 1. The highest BCUT2D eigenvalue weighted by Crippen LogP contribution is 2.49. The fourth-order valence-electron chi connectivity index (χ4n) is 0.512. The van der Waals surface area contributed by atoms with Crippen LogP contribution >= 0.6 is 7.82 Å². The maximum Gasteiger partial charge on any atom is 0.529 e. The van der Waals surface area contributed by atoms with Gasteiger partial charge in [-0.1, -0.05) is 0 Å². The second kappa shape index (κ2) is 6.17. The highest BCUT2D eigenvalue weighted by molar-refractivity contribution is 7.48. The summed E-state index contributed by atoms with van der Waals surface area (Å²) < 4.78 is 36.5. The second-order valence-electron chi connectivity index (χ2n) is 1.65. The van der Waals surface area contributed by atoms with Crippen LogP contribution in [0.1, 0.15) is 13.8 Å². The van der Waals surface area contributed by atoms with Crippen molar-refractivity contribution >= 4 is 7.82 Å². The van der Waals surface area contributed by atoms with Gasteiger partial charge in [-0.2, -0.15) is 0 Å². The van der Waals surface area contributed by atoms with Gasteiger partial charge in [0.15, 0.2) is 0 Å². The third-order valence-electron chi connectivity index (χ3n) is 0.816. The highest BCUT2D eigenvalue weighted by Gasteiger charge is 2.24. The molecule has 0 saturated carbocycles. The largest absolute Gasteiger partial charge is 0.529 e. The van der Waals surface area contributed by atoms with Crippen molar-refractivity contribution in [1.29, 1.82) is 0 Å². The van der Waals surface area contributed by atoms with Gasteiger partial charge in [-0.25, -0.2) is 8.96 Å². The Bertz CT molecular complexity index is 172. The van der Waals surface area contributed by atoms with Gasteiger partial charge in [0.25, 0.3) is 0 Å². The molecule has 0 atom stereocenters. The van der Waals surface area contributed by atoms with Crippen molar-refractivity contribution in [3.63, 3.8) is 0 Å². The summed E-state index contributed by atoms with van der Waals surface area (Å²) in [6, 6.07) is 0. The minimum Gasteiger partial charge on any atom is -0.410 e. The van der Waals surface area contributed by atoms with E-state index < -0.39 is 7.82 Å². The van der Waals surface area contributed by atoms with Crippen molar-refractivity contribution < 1.29 is 22.5 Å². The quantitative estimate of drug-likeness (QED) is 0.486. The Morgan fingerprint density at radius 3 is 2.17 bits per heavy atom. The van der Waals surface area contributed by atoms with Gasteiger partial charge in [0.1, 0.15) is 12.6 Å². The minimum atomic E-state index is -3.56. The molecule has 0 aromatic rings. The standard InChI is InChI=1S/C6H12FO4P/c1-3-9-12(8,10-4-2)11-6-5-7/h5-6H,3-4H2,1-2H3/b6-5+. The Kier molecular flexibility index (Phi) is 5.98. The van der Waals surface area contributed by atoms with Crippen LogP contribution in [0.5, 0.6) is 0 Å². The van der Waals surface area contributed by atoms with Crippen LogP contribution in [0.25, 0.3) is 0 Å². The molecule has 0 N–H and O–H groups in total. The molecule has 0 aliphatic heterocycles. The molecule has 0 aromatic carbocycles. The molecule has 0 heterocycles. The van der Waals surface area contributed by atoms with E-state index in [1.54, 1.807) is 13.8 Å². The van der Waals surface area contributed by atoms with Crippen LogP contribution in [0.15, 0.2) is 12.6 Å². The zero-order chi connectivity index (χ0) is 9.45. The molecule has 12 heavy (non-hydrogen) atoms. The van der Waals surface area contributed by atoms with Crippen molar-refractivity contribution in [2.45, 2.75) is 13.8 Å². The minimum absolute atomic E-state index is 0.116. The SMILES string of the molecule is CCOP(=O)(O/C=C/F)OCC. The molecule has 0 bridgehead atoms. The lowest BCUT2D eigenvalue weighted by atomic mass is 10.9. The van der Waals surface area contributed by atoms with Crippen LogP contribution in [-0.2, 0) is 18.1 Å². The van der Waals surface area contributed by atoms with Gasteiger partial charge in [0.05, 0.1) is 13.2 Å². The van der Waals surface area contributed by atoms with E-state index in [-0.39, 0.29) is 19.5 Å². The predicted octanol–water partition coefficient (Wildman–Crippen LogP) is 2.62. The summed E-state index contributed by atoms with van der Waals surface area (Å²) in [7, 11) is -3.56. The molecular formula is C6H12FO4P. The second-order valence-corrected chi connectivity index (χ2v) is 3.27. The van der Waals surface area contributed by atoms with Gasteiger partial charge in [0, 0.05) is 0 Å². The Balaban J connectivity index is 4.08. The molecule has 0 aromatic heterocycles. The van der Waals surface area contributed by atoms with Gasteiger partial charge in [-0.15, -0.1) is 0 Å². The lowest BCUT2D eigenvalue weighted by Gasteiger charge is -2.13. The smallest absolute Gasteiger partial charge is 0.410 e. The van der Waals surface area contributed by atoms with E-state index in [1.165, 1.54) is 0 Å². The summed E-state index contributed by atoms with van der Waals surface area (Å²) >= 11 is 0. The Labute approximate surface area is 70.9 Å². The van der Waals surface area contributed by atoms with Crippen LogP contribution in [0.4, 0.5) is 4.39 Å². The van der Waals surface area contributed by atoms with E-state index in [0.717, 1.165) is 0 Å². The molecule has 0 amide bonds. The van der Waals surface area contributed by atoms with Crippen molar-refractivity contribution in [3.8, 4) is 0 Å². The van der Waals surface area contributed by atoms with Gasteiger partial charge in [-0.05, 0) is 13.8 Å². The lowest BCUT2D eigenvalue weighted by Crippen LogP contribution is -1.96. The van der Waals surface area contributed by atoms with E-state index in [0.29, 0.717) is 6.26 Å². The van der Waals surface area contributed by atoms with Crippen molar-refractivity contribution in [3.05, 3.63) is 12.6 Å². The molecule has 0 saturated heterocycles. The molecule has 0 radical (unpaired) electrons. The summed E-state index contributed by atoms with van der Waals surface area (Å²) in [6.45, 7) is 3.62. The summed E-state index contributed by atoms with van der Waals surface area (Å²) in [6.07, 6.45) is 0.747. The summed E-state index contributed by atoms with van der Waals surface area (Å²) in [5.74, 6) is 0. The average Bonchev–Trinajstić information content (AvgIpc) is 2.02. The number of hydrogen-bond acceptors (Lipinski definition) is 4. The van der Waals surface area contributed by atoms with Gasteiger partial charge >= 0.3 is 7.82 Å². The third kappa shape index (κ3) is 4.49. The first-order valence-corrected chi connectivity index (χ1v) is 4.97. The Morgan fingerprint density at radius 2 is 1.83 bits per heavy atom. The van der Waals surface area contributed by atoms with E-state index in [4.69, 9.17) is 0 Å². The molecule has 0 rings (SSSR count). The van der Waals surface area contributed by atoms with E-state index in [9.17, 15) is 8.96 Å². The van der Waals surface area contributed by atoms with Crippen molar-refractivity contribution in [1.82, 2.24) is 0 Å². The summed E-state index contributed by atoms with van der Waals surface area (Å²) in [5, 5.41) is 0. The van der Waals surface area contributed by atoms with Crippen molar-refractivity contribution in [2.75, 3.05) is 13.2 Å². The fourth-order valence-corrected chi connectivity index (χ4v) is 1.54. The van der Waals surface area contributed by atoms with Crippen LogP contribution in [0.2, 0.25) is 0 Å². The molecule has 6 heteroatoms. The zero-order valence-electron chi connectivity index (χ0n) is 7.03. The predicted molar refractivity (Wildman–Crippen MR) is 42.2 cm³/mol. The normalized spacial score (nSPS) is 12.2. The molecule has 72 valence electrons. The van der Waals surface area contributed by atoms with E-state index >= 15 is 0 Å². The number of halogens is 1. The van der Waals surface area contributed by atoms with Crippen LogP contribution in [-0.4, -0.2) is 13.2 Å². The molecule has 0 spiro atoms. The zero-order valence-corrected chi connectivity index (χ0v) is 7.92. The molecule has 0 aliphatic rings. The molecule has 0 aliphatic carbocycles. The number of phosphoric acid groups is 1. The van der Waals surface area contributed by atoms with Gasteiger partial charge < -0.3 is 4.52 Å². The van der Waals surface area contributed by atoms with Gasteiger partial charge in [-0.3, -0.25) is 9.05 Å². The highest BCUT2D eigenvalue weighted by atomic mass is 31.2. The van der Waals surface area contributed by atoms with Crippen molar-refractivity contribution in [2.24, 2.45) is 0 Å². The molecule has 0 unspecified atom stereocenters.